The number of aromatic nitrogens is 2. The first kappa shape index (κ1) is 22.7. The zero-order chi connectivity index (χ0) is 23.6. The van der Waals surface area contributed by atoms with Crippen LogP contribution in [0.1, 0.15) is 0 Å². The van der Waals surface area contributed by atoms with Crippen LogP contribution in [0.5, 0.6) is 0 Å². The Morgan fingerprint density at radius 1 is 1.18 bits per heavy atom. The number of aryl methyl sites for hydroxylation is 1. The third-order valence-corrected chi connectivity index (χ3v) is 5.13. The van der Waals surface area contributed by atoms with Gasteiger partial charge in [-0.25, -0.2) is 10.4 Å². The molecular weight excluding hydrogens is 459 g/mol. The van der Waals surface area contributed by atoms with Crippen molar-refractivity contribution in [1.29, 1.82) is 0 Å². The molecule has 7 nitrogen and oxygen atoms in total. The number of hydrazine groups is 1. The maximum atomic E-state index is 13.3. The van der Waals surface area contributed by atoms with Gasteiger partial charge in [-0.2, -0.15) is 18.3 Å². The van der Waals surface area contributed by atoms with Crippen LogP contribution in [0.15, 0.2) is 72.6 Å². The fraction of sp³-hybridized carbons (Fsp3) is 0.182. The summed E-state index contributed by atoms with van der Waals surface area (Å²) in [6.07, 6.45) is -3.70. The summed E-state index contributed by atoms with van der Waals surface area (Å²) in [7, 11) is 1.67. The first-order chi connectivity index (χ1) is 15.7. The van der Waals surface area contributed by atoms with Gasteiger partial charge in [0, 0.05) is 24.8 Å². The Balaban J connectivity index is 1.46. The molecule has 1 atom stereocenters. The zero-order valence-electron chi connectivity index (χ0n) is 17.3. The minimum absolute atomic E-state index is 0.185. The van der Waals surface area contributed by atoms with Gasteiger partial charge in [-0.1, -0.05) is 54.1 Å². The van der Waals surface area contributed by atoms with Crippen LogP contribution in [-0.4, -0.2) is 34.5 Å². The van der Waals surface area contributed by atoms with Crippen molar-refractivity contribution in [2.45, 2.75) is 12.2 Å². The van der Waals surface area contributed by atoms with Gasteiger partial charge in [0.15, 0.2) is 6.61 Å². The van der Waals surface area contributed by atoms with Crippen molar-refractivity contribution in [3.05, 3.63) is 77.6 Å². The quantitative estimate of drug-likeness (QED) is 0.547. The van der Waals surface area contributed by atoms with E-state index in [4.69, 9.17) is 16.3 Å². The van der Waals surface area contributed by atoms with Gasteiger partial charge in [-0.3, -0.25) is 9.48 Å². The fourth-order valence-electron chi connectivity index (χ4n) is 3.21. The van der Waals surface area contributed by atoms with Crippen LogP contribution >= 0.6 is 11.6 Å². The van der Waals surface area contributed by atoms with Crippen LogP contribution in [0.2, 0.25) is 5.02 Å². The molecule has 0 radical (unpaired) electrons. The molecule has 2 aromatic carbocycles. The van der Waals surface area contributed by atoms with E-state index in [9.17, 15) is 18.0 Å². The summed E-state index contributed by atoms with van der Waals surface area (Å²) in [5.41, 5.74) is 4.10. The molecule has 0 saturated heterocycles. The monoisotopic (exact) mass is 477 g/mol. The van der Waals surface area contributed by atoms with Crippen LogP contribution in [0, 0.1) is 0 Å². The third kappa shape index (κ3) is 5.12. The third-order valence-electron chi connectivity index (χ3n) is 4.81. The molecule has 0 aliphatic carbocycles. The van der Waals surface area contributed by atoms with Gasteiger partial charge in [-0.15, -0.1) is 0 Å². The number of alkyl halides is 3. The normalized spacial score (nSPS) is 16.0. The molecular formula is C22H19ClF3N5O2. The van der Waals surface area contributed by atoms with Crippen molar-refractivity contribution in [2.75, 3.05) is 16.9 Å². The van der Waals surface area contributed by atoms with Gasteiger partial charge in [0.05, 0.1) is 16.4 Å². The lowest BCUT2D eigenvalue weighted by atomic mass is 10.2. The van der Waals surface area contributed by atoms with Crippen LogP contribution in [-0.2, 0) is 16.6 Å². The standard InChI is InChI=1S/C22H19ClF3N5O2/c1-30-19(11-16(28-30)14-7-3-2-4-8-14)27-20(32)13-33-21-12-18(22(24,25)26)29-31(21)17-10-6-5-9-15(17)23/h2-12,18,29H,13H2,1H3,(H,27,32). The molecule has 1 unspecified atom stereocenters. The highest BCUT2D eigenvalue weighted by molar-refractivity contribution is 6.33. The first-order valence-electron chi connectivity index (χ1n) is 9.84. The molecule has 4 rings (SSSR count). The Bertz CT molecular complexity index is 1180. The average Bonchev–Trinajstić information content (AvgIpc) is 3.37. The Hall–Kier alpha value is -3.50. The van der Waals surface area contributed by atoms with E-state index in [1.165, 1.54) is 16.8 Å². The molecule has 0 fully saturated rings. The number of carbonyl (C=O) groups excluding carboxylic acids is 1. The largest absolute Gasteiger partial charge is 0.468 e. The molecule has 2 heterocycles. The Morgan fingerprint density at radius 3 is 2.58 bits per heavy atom. The summed E-state index contributed by atoms with van der Waals surface area (Å²) in [6.45, 7) is -0.523. The average molecular weight is 478 g/mol. The lowest BCUT2D eigenvalue weighted by Gasteiger charge is -2.25. The summed E-state index contributed by atoms with van der Waals surface area (Å²) in [5, 5.41) is 8.31. The van der Waals surface area contributed by atoms with Crippen molar-refractivity contribution >= 4 is 29.0 Å². The smallest absolute Gasteiger partial charge is 0.409 e. The van der Waals surface area contributed by atoms with Crippen LogP contribution in [0.3, 0.4) is 0 Å². The van der Waals surface area contributed by atoms with Crippen molar-refractivity contribution in [2.24, 2.45) is 7.05 Å². The number of amides is 1. The van der Waals surface area contributed by atoms with E-state index in [0.717, 1.165) is 16.6 Å². The number of halogens is 4. The van der Waals surface area contributed by atoms with E-state index < -0.39 is 24.7 Å². The second kappa shape index (κ2) is 9.16. The molecule has 0 saturated carbocycles. The van der Waals surface area contributed by atoms with Crippen molar-refractivity contribution in [3.8, 4) is 11.3 Å². The minimum Gasteiger partial charge on any atom is -0.468 e. The highest BCUT2D eigenvalue weighted by atomic mass is 35.5. The second-order valence-electron chi connectivity index (χ2n) is 7.18. The van der Waals surface area contributed by atoms with E-state index in [1.807, 2.05) is 30.3 Å². The Labute approximate surface area is 192 Å². The number of hydrogen-bond acceptors (Lipinski definition) is 5. The number of nitrogens with zero attached hydrogens (tertiary/aromatic N) is 3. The van der Waals surface area contributed by atoms with Gasteiger partial charge in [0.25, 0.3) is 5.91 Å². The van der Waals surface area contributed by atoms with Crippen LogP contribution < -0.4 is 15.8 Å². The van der Waals surface area contributed by atoms with E-state index in [1.54, 1.807) is 25.2 Å². The van der Waals surface area contributed by atoms with E-state index >= 15 is 0 Å². The molecule has 1 amide bonds. The molecule has 1 aromatic heterocycles. The molecule has 3 aromatic rings. The summed E-state index contributed by atoms with van der Waals surface area (Å²) in [5.74, 6) is -0.333. The topological polar surface area (TPSA) is 71.4 Å². The molecule has 0 spiro atoms. The van der Waals surface area contributed by atoms with Gasteiger partial charge >= 0.3 is 6.18 Å². The number of nitrogens with one attached hydrogen (secondary N) is 2. The number of benzene rings is 2. The highest BCUT2D eigenvalue weighted by Gasteiger charge is 2.44. The predicted octanol–water partition coefficient (Wildman–Crippen LogP) is 4.49. The molecule has 2 N–H and O–H groups in total. The molecule has 1 aliphatic rings. The predicted molar refractivity (Wildman–Crippen MR) is 118 cm³/mol. The summed E-state index contributed by atoms with van der Waals surface area (Å²) < 4.78 is 46.8. The maximum Gasteiger partial charge on any atom is 0.409 e. The summed E-state index contributed by atoms with van der Waals surface area (Å²) >= 11 is 6.14. The highest BCUT2D eigenvalue weighted by Crippen LogP contribution is 2.34. The van der Waals surface area contributed by atoms with Crippen LogP contribution in [0.25, 0.3) is 11.3 Å². The zero-order valence-corrected chi connectivity index (χ0v) is 18.1. The molecule has 172 valence electrons. The Morgan fingerprint density at radius 2 is 1.88 bits per heavy atom. The van der Waals surface area contributed by atoms with Crippen molar-refractivity contribution in [1.82, 2.24) is 15.2 Å². The van der Waals surface area contributed by atoms with Gasteiger partial charge in [0.2, 0.25) is 5.88 Å². The number of ether oxygens (including phenoxy) is 1. The van der Waals surface area contributed by atoms with Gasteiger partial charge in [-0.05, 0) is 12.1 Å². The van der Waals surface area contributed by atoms with Gasteiger partial charge in [0.1, 0.15) is 11.9 Å². The van der Waals surface area contributed by atoms with Crippen molar-refractivity contribution in [3.63, 3.8) is 0 Å². The molecule has 33 heavy (non-hydrogen) atoms. The second-order valence-corrected chi connectivity index (χ2v) is 7.59. The SMILES string of the molecule is Cn1nc(-c2ccccc2)cc1NC(=O)COC1=CC(C(F)(F)F)NN1c1ccccc1Cl. The Kier molecular flexibility index (Phi) is 6.30. The lowest BCUT2D eigenvalue weighted by Crippen LogP contribution is -2.45. The molecule has 11 heteroatoms. The van der Waals surface area contributed by atoms with Crippen LogP contribution in [0.4, 0.5) is 24.7 Å². The van der Waals surface area contributed by atoms with E-state index in [0.29, 0.717) is 11.5 Å². The number of para-hydroxylation sites is 1. The number of hydrogen-bond donors (Lipinski definition) is 2. The van der Waals surface area contributed by atoms with E-state index in [2.05, 4.69) is 15.8 Å². The van der Waals surface area contributed by atoms with Crippen molar-refractivity contribution < 1.29 is 22.7 Å². The molecule has 1 aliphatic heterocycles. The minimum atomic E-state index is -4.56. The van der Waals surface area contributed by atoms with E-state index in [-0.39, 0.29) is 16.6 Å². The maximum absolute atomic E-state index is 13.3. The molecule has 0 bridgehead atoms. The summed E-state index contributed by atoms with van der Waals surface area (Å²) in [6, 6.07) is 15.5. The summed E-state index contributed by atoms with van der Waals surface area (Å²) in [4.78, 5) is 12.5. The number of rotatable bonds is 6. The lowest BCUT2D eigenvalue weighted by molar-refractivity contribution is -0.142. The first-order valence-corrected chi connectivity index (χ1v) is 10.2. The fourth-order valence-corrected chi connectivity index (χ4v) is 3.43. The van der Waals surface area contributed by atoms with Gasteiger partial charge < -0.3 is 10.1 Å². The number of carbonyl (C=O) groups is 1. The number of anilines is 2.